The predicted molar refractivity (Wildman–Crippen MR) is 101 cm³/mol. The first-order chi connectivity index (χ1) is 11.9. The Kier molecular flexibility index (Phi) is 7.06. The van der Waals surface area contributed by atoms with Crippen molar-refractivity contribution in [1.29, 1.82) is 0 Å². The fourth-order valence-corrected chi connectivity index (χ4v) is 5.50. The van der Waals surface area contributed by atoms with Crippen molar-refractivity contribution in [3.63, 3.8) is 0 Å². The predicted octanol–water partition coefficient (Wildman–Crippen LogP) is 0.717. The van der Waals surface area contributed by atoms with Gasteiger partial charge < -0.3 is 10.6 Å². The lowest BCUT2D eigenvalue weighted by molar-refractivity contribution is -0.126. The van der Waals surface area contributed by atoms with Gasteiger partial charge in [0.25, 0.3) is 0 Å². The number of amides is 1. The van der Waals surface area contributed by atoms with Crippen LogP contribution in [0.3, 0.4) is 0 Å². The van der Waals surface area contributed by atoms with Crippen molar-refractivity contribution in [3.8, 4) is 0 Å². The average Bonchev–Trinajstić information content (AvgIpc) is 2.95. The maximum absolute atomic E-state index is 12.8. The second-order valence-corrected chi connectivity index (χ2v) is 8.87. The zero-order valence-corrected chi connectivity index (χ0v) is 16.9. The van der Waals surface area contributed by atoms with Crippen LogP contribution in [0.2, 0.25) is 0 Å². The van der Waals surface area contributed by atoms with Crippen LogP contribution in [0.4, 0.5) is 0 Å². The molecule has 2 fully saturated rings. The highest BCUT2D eigenvalue weighted by atomic mass is 35.5. The van der Waals surface area contributed by atoms with Crippen LogP contribution in [0.15, 0.2) is 4.90 Å². The summed E-state index contributed by atoms with van der Waals surface area (Å²) in [6, 6.07) is 0.194. The number of rotatable bonds is 4. The number of sulfonamides is 1. The molecule has 148 valence electrons. The molecule has 8 nitrogen and oxygen atoms in total. The molecule has 2 aliphatic rings. The van der Waals surface area contributed by atoms with Gasteiger partial charge >= 0.3 is 0 Å². The van der Waals surface area contributed by atoms with E-state index in [1.165, 1.54) is 4.31 Å². The molecular weight excluding hydrogens is 378 g/mol. The van der Waals surface area contributed by atoms with E-state index in [2.05, 4.69) is 20.8 Å². The van der Waals surface area contributed by atoms with Crippen molar-refractivity contribution in [2.75, 3.05) is 26.2 Å². The van der Waals surface area contributed by atoms with E-state index in [0.29, 0.717) is 37.3 Å². The molecule has 2 saturated heterocycles. The van der Waals surface area contributed by atoms with E-state index >= 15 is 0 Å². The Morgan fingerprint density at radius 2 is 1.92 bits per heavy atom. The minimum absolute atomic E-state index is 0. The number of H-pyrrole nitrogens is 1. The number of hydrogen-bond acceptors (Lipinski definition) is 5. The van der Waals surface area contributed by atoms with Gasteiger partial charge in [0.1, 0.15) is 4.90 Å². The highest BCUT2D eigenvalue weighted by Crippen LogP contribution is 2.27. The van der Waals surface area contributed by atoms with Gasteiger partial charge in [-0.15, -0.1) is 12.4 Å². The first-order valence-electron chi connectivity index (χ1n) is 8.92. The maximum atomic E-state index is 12.8. The Morgan fingerprint density at radius 3 is 2.46 bits per heavy atom. The smallest absolute Gasteiger partial charge is 0.246 e. The third-order valence-corrected chi connectivity index (χ3v) is 7.29. The molecule has 0 unspecified atom stereocenters. The van der Waals surface area contributed by atoms with E-state index in [-0.39, 0.29) is 35.2 Å². The molecule has 0 radical (unpaired) electrons. The lowest BCUT2D eigenvalue weighted by Gasteiger charge is -2.32. The van der Waals surface area contributed by atoms with Crippen LogP contribution in [0.1, 0.15) is 37.1 Å². The molecule has 3 rings (SSSR count). The summed E-state index contributed by atoms with van der Waals surface area (Å²) in [5.74, 6) is -0.0543. The lowest BCUT2D eigenvalue weighted by Crippen LogP contribution is -2.49. The monoisotopic (exact) mass is 405 g/mol. The first kappa shape index (κ1) is 21.1. The Balaban J connectivity index is 0.00000243. The van der Waals surface area contributed by atoms with Gasteiger partial charge in [-0.05, 0) is 46.1 Å². The third kappa shape index (κ3) is 4.39. The highest BCUT2D eigenvalue weighted by molar-refractivity contribution is 7.89. The van der Waals surface area contributed by atoms with E-state index in [0.717, 1.165) is 25.9 Å². The summed E-state index contributed by atoms with van der Waals surface area (Å²) in [6.45, 7) is 5.97. The lowest BCUT2D eigenvalue weighted by atomic mass is 9.96. The van der Waals surface area contributed by atoms with Gasteiger partial charge in [0.15, 0.2) is 0 Å². The average molecular weight is 406 g/mol. The molecule has 26 heavy (non-hydrogen) atoms. The third-order valence-electron chi connectivity index (χ3n) is 5.13. The molecule has 1 amide bonds. The summed E-state index contributed by atoms with van der Waals surface area (Å²) in [6.07, 6.45) is 3.19. The van der Waals surface area contributed by atoms with Crippen LogP contribution in [0.25, 0.3) is 0 Å². The number of aromatic amines is 1. The molecule has 0 saturated carbocycles. The summed E-state index contributed by atoms with van der Waals surface area (Å²) in [5.41, 5.74) is 1.05. The number of aryl methyl sites for hydroxylation is 2. The van der Waals surface area contributed by atoms with E-state index in [4.69, 9.17) is 0 Å². The number of nitrogens with one attached hydrogen (secondary N) is 3. The second-order valence-electron chi connectivity index (χ2n) is 6.99. The van der Waals surface area contributed by atoms with Crippen LogP contribution < -0.4 is 10.6 Å². The minimum Gasteiger partial charge on any atom is -0.352 e. The molecule has 1 aromatic heterocycles. The normalized spacial score (nSPS) is 22.6. The number of halogens is 1. The summed E-state index contributed by atoms with van der Waals surface area (Å²) in [4.78, 5) is 12.7. The molecule has 0 aliphatic carbocycles. The maximum Gasteiger partial charge on any atom is 0.246 e. The van der Waals surface area contributed by atoms with Crippen molar-refractivity contribution in [2.45, 2.75) is 50.5 Å². The van der Waals surface area contributed by atoms with Crippen molar-refractivity contribution < 1.29 is 13.2 Å². The Hall–Kier alpha value is -1.16. The molecule has 0 aromatic carbocycles. The summed E-state index contributed by atoms with van der Waals surface area (Å²) in [7, 11) is -3.56. The van der Waals surface area contributed by atoms with E-state index < -0.39 is 10.0 Å². The van der Waals surface area contributed by atoms with Crippen molar-refractivity contribution in [1.82, 2.24) is 25.1 Å². The van der Waals surface area contributed by atoms with Crippen LogP contribution in [0, 0.1) is 19.8 Å². The van der Waals surface area contributed by atoms with Gasteiger partial charge in [0.05, 0.1) is 11.4 Å². The van der Waals surface area contributed by atoms with Crippen LogP contribution in [-0.2, 0) is 14.8 Å². The molecular formula is C16H28ClN5O3S. The fourth-order valence-electron chi connectivity index (χ4n) is 3.70. The van der Waals surface area contributed by atoms with Crippen molar-refractivity contribution in [2.24, 2.45) is 5.92 Å². The van der Waals surface area contributed by atoms with Gasteiger partial charge in [-0.1, -0.05) is 0 Å². The molecule has 1 aromatic rings. The quantitative estimate of drug-likeness (QED) is 0.684. The molecule has 0 bridgehead atoms. The Bertz CT molecular complexity index is 703. The van der Waals surface area contributed by atoms with Crippen LogP contribution in [-0.4, -0.2) is 61.0 Å². The Morgan fingerprint density at radius 1 is 1.23 bits per heavy atom. The van der Waals surface area contributed by atoms with Gasteiger partial charge in [0.2, 0.25) is 15.9 Å². The molecule has 3 heterocycles. The molecule has 1 atom stereocenters. The molecule has 2 aliphatic heterocycles. The second kappa shape index (κ2) is 8.69. The van der Waals surface area contributed by atoms with Crippen molar-refractivity contribution in [3.05, 3.63) is 11.4 Å². The SMILES string of the molecule is Cc1n[nH]c(C)c1S(=O)(=O)N1CCC(C(=O)N[C@H]2CCCNC2)CC1.Cl. The number of aromatic nitrogens is 2. The summed E-state index contributed by atoms with van der Waals surface area (Å²) in [5, 5.41) is 13.1. The van der Waals surface area contributed by atoms with Gasteiger partial charge in [-0.3, -0.25) is 9.89 Å². The molecule has 10 heteroatoms. The fraction of sp³-hybridized carbons (Fsp3) is 0.750. The number of carbonyl (C=O) groups is 1. The summed E-state index contributed by atoms with van der Waals surface area (Å²) < 4.78 is 27.2. The highest BCUT2D eigenvalue weighted by Gasteiger charge is 2.35. The minimum atomic E-state index is -3.56. The van der Waals surface area contributed by atoms with Crippen LogP contribution >= 0.6 is 12.4 Å². The van der Waals surface area contributed by atoms with E-state index in [1.54, 1.807) is 13.8 Å². The number of nitrogens with zero attached hydrogens (tertiary/aromatic N) is 2. The molecule has 3 N–H and O–H groups in total. The van der Waals surface area contributed by atoms with E-state index in [1.807, 2.05) is 0 Å². The zero-order valence-electron chi connectivity index (χ0n) is 15.2. The zero-order chi connectivity index (χ0) is 18.0. The standard InChI is InChI=1S/C16H27N5O3S.ClH/c1-11-15(12(2)20-19-11)25(23,24)21-8-5-13(6-9-21)16(22)18-14-4-3-7-17-10-14;/h13-14,17H,3-10H2,1-2H3,(H,18,22)(H,19,20);1H/t14-;/m0./s1. The van der Waals surface area contributed by atoms with Crippen molar-refractivity contribution >= 4 is 28.3 Å². The van der Waals surface area contributed by atoms with Crippen LogP contribution in [0.5, 0.6) is 0 Å². The van der Waals surface area contributed by atoms with E-state index in [9.17, 15) is 13.2 Å². The number of carbonyl (C=O) groups excluding carboxylic acids is 1. The largest absolute Gasteiger partial charge is 0.352 e. The van der Waals surface area contributed by atoms with Gasteiger partial charge in [0, 0.05) is 31.6 Å². The van der Waals surface area contributed by atoms with Gasteiger partial charge in [-0.2, -0.15) is 9.40 Å². The first-order valence-corrected chi connectivity index (χ1v) is 10.4. The topological polar surface area (TPSA) is 107 Å². The Labute approximate surface area is 160 Å². The number of hydrogen-bond donors (Lipinski definition) is 3. The molecule has 0 spiro atoms. The number of piperidine rings is 2. The summed E-state index contributed by atoms with van der Waals surface area (Å²) >= 11 is 0. The van der Waals surface area contributed by atoms with Gasteiger partial charge in [-0.25, -0.2) is 8.42 Å².